The van der Waals surface area contributed by atoms with Gasteiger partial charge in [0.25, 0.3) is 0 Å². The minimum Gasteiger partial charge on any atom is -0.496 e. The number of nitrogens with two attached hydrogens (primary N) is 1. The molecule has 2 rings (SSSR count). The first-order valence-electron chi connectivity index (χ1n) is 6.49. The number of carbonyl (C=O) groups excluding carboxylic acids is 1. The van der Waals surface area contributed by atoms with E-state index in [1.807, 2.05) is 30.3 Å². The Bertz CT molecular complexity index is 602. The molecule has 0 unspecified atom stereocenters. The van der Waals surface area contributed by atoms with Gasteiger partial charge in [0.05, 0.1) is 7.11 Å². The lowest BCUT2D eigenvalue weighted by atomic mass is 10.2. The van der Waals surface area contributed by atoms with Crippen molar-refractivity contribution in [2.75, 3.05) is 25.2 Å². The van der Waals surface area contributed by atoms with E-state index in [1.54, 1.807) is 30.0 Å². The highest BCUT2D eigenvalue weighted by atomic mass is 32.2. The molecular formula is C16H17NO3S. The molecule has 110 valence electrons. The summed E-state index contributed by atoms with van der Waals surface area (Å²) in [6.07, 6.45) is 0. The Hall–Kier alpha value is -2.14. The smallest absolute Gasteiger partial charge is 0.341 e. The zero-order valence-electron chi connectivity index (χ0n) is 11.7. The van der Waals surface area contributed by atoms with Crippen LogP contribution in [0.25, 0.3) is 0 Å². The number of thioether (sulfide) groups is 1. The molecule has 0 aliphatic heterocycles. The predicted octanol–water partition coefficient (Wildman–Crippen LogP) is 3.23. The number of anilines is 1. The second kappa shape index (κ2) is 7.59. The molecule has 0 saturated heterocycles. The first kappa shape index (κ1) is 15.3. The molecule has 0 fully saturated rings. The van der Waals surface area contributed by atoms with E-state index in [9.17, 15) is 4.79 Å². The summed E-state index contributed by atoms with van der Waals surface area (Å²) in [6.45, 7) is 0.339. The SMILES string of the molecule is COc1cc(N)ccc1C(=O)OCCSc1ccccc1. The molecule has 21 heavy (non-hydrogen) atoms. The average Bonchev–Trinajstić information content (AvgIpc) is 2.52. The first-order chi connectivity index (χ1) is 10.2. The van der Waals surface area contributed by atoms with Crippen molar-refractivity contribution >= 4 is 23.4 Å². The Kier molecular flexibility index (Phi) is 5.51. The van der Waals surface area contributed by atoms with Crippen LogP contribution in [-0.2, 0) is 4.74 Å². The molecule has 0 atom stereocenters. The molecule has 2 aromatic rings. The van der Waals surface area contributed by atoms with Crippen molar-refractivity contribution < 1.29 is 14.3 Å². The third-order valence-electron chi connectivity index (χ3n) is 2.77. The van der Waals surface area contributed by atoms with Gasteiger partial charge in [0.2, 0.25) is 0 Å². The molecule has 0 amide bonds. The molecular weight excluding hydrogens is 286 g/mol. The van der Waals surface area contributed by atoms with Crippen LogP contribution in [0.15, 0.2) is 53.4 Å². The zero-order valence-corrected chi connectivity index (χ0v) is 12.6. The van der Waals surface area contributed by atoms with Crippen molar-refractivity contribution in [2.45, 2.75) is 4.90 Å². The van der Waals surface area contributed by atoms with Crippen molar-refractivity contribution in [3.8, 4) is 5.75 Å². The molecule has 0 spiro atoms. The van der Waals surface area contributed by atoms with Crippen LogP contribution in [-0.4, -0.2) is 25.4 Å². The largest absolute Gasteiger partial charge is 0.496 e. The zero-order chi connectivity index (χ0) is 15.1. The molecule has 0 heterocycles. The normalized spacial score (nSPS) is 10.1. The van der Waals surface area contributed by atoms with Crippen LogP contribution in [0.1, 0.15) is 10.4 Å². The quantitative estimate of drug-likeness (QED) is 0.384. The van der Waals surface area contributed by atoms with E-state index in [2.05, 4.69) is 0 Å². The number of benzene rings is 2. The Balaban J connectivity index is 1.85. The summed E-state index contributed by atoms with van der Waals surface area (Å²) in [5.74, 6) is 0.726. The van der Waals surface area contributed by atoms with Crippen LogP contribution in [0.3, 0.4) is 0 Å². The summed E-state index contributed by atoms with van der Waals surface area (Å²) in [5.41, 5.74) is 6.58. The average molecular weight is 303 g/mol. The standard InChI is InChI=1S/C16H17NO3S/c1-19-15-11-12(17)7-8-14(15)16(18)20-9-10-21-13-5-3-2-4-6-13/h2-8,11H,9-10,17H2,1H3. The lowest BCUT2D eigenvalue weighted by Crippen LogP contribution is -2.09. The number of hydrogen-bond acceptors (Lipinski definition) is 5. The van der Waals surface area contributed by atoms with Gasteiger partial charge in [-0.15, -0.1) is 11.8 Å². The predicted molar refractivity (Wildman–Crippen MR) is 84.9 cm³/mol. The number of esters is 1. The van der Waals surface area contributed by atoms with Gasteiger partial charge in [0, 0.05) is 22.4 Å². The summed E-state index contributed by atoms with van der Waals surface area (Å²) in [4.78, 5) is 13.1. The summed E-state index contributed by atoms with van der Waals surface area (Å²) in [5, 5.41) is 0. The minimum absolute atomic E-state index is 0.339. The third-order valence-corrected chi connectivity index (χ3v) is 3.75. The molecule has 0 aliphatic rings. The molecule has 0 bridgehead atoms. The van der Waals surface area contributed by atoms with Crippen LogP contribution in [0.5, 0.6) is 5.75 Å². The third kappa shape index (κ3) is 4.43. The lowest BCUT2D eigenvalue weighted by Gasteiger charge is -2.09. The Morgan fingerprint density at radius 1 is 1.19 bits per heavy atom. The fourth-order valence-electron chi connectivity index (χ4n) is 1.76. The van der Waals surface area contributed by atoms with Crippen molar-refractivity contribution in [3.63, 3.8) is 0 Å². The van der Waals surface area contributed by atoms with Crippen LogP contribution < -0.4 is 10.5 Å². The maximum Gasteiger partial charge on any atom is 0.341 e. The van der Waals surface area contributed by atoms with E-state index in [0.29, 0.717) is 29.4 Å². The van der Waals surface area contributed by atoms with Gasteiger partial charge in [-0.3, -0.25) is 0 Å². The highest BCUT2D eigenvalue weighted by Gasteiger charge is 2.13. The van der Waals surface area contributed by atoms with Crippen LogP contribution in [0, 0.1) is 0 Å². The number of hydrogen-bond donors (Lipinski definition) is 1. The van der Waals surface area contributed by atoms with E-state index >= 15 is 0 Å². The summed E-state index contributed by atoms with van der Waals surface area (Å²) >= 11 is 1.64. The molecule has 0 aromatic heterocycles. The van der Waals surface area contributed by atoms with Crippen LogP contribution >= 0.6 is 11.8 Å². The monoisotopic (exact) mass is 303 g/mol. The fourth-order valence-corrected chi connectivity index (χ4v) is 2.52. The van der Waals surface area contributed by atoms with Gasteiger partial charge < -0.3 is 15.2 Å². The van der Waals surface area contributed by atoms with Crippen molar-refractivity contribution in [2.24, 2.45) is 0 Å². The van der Waals surface area contributed by atoms with Crippen LogP contribution in [0.4, 0.5) is 5.69 Å². The van der Waals surface area contributed by atoms with E-state index < -0.39 is 5.97 Å². The molecule has 4 nitrogen and oxygen atoms in total. The number of rotatable bonds is 6. The van der Waals surface area contributed by atoms with E-state index in [4.69, 9.17) is 15.2 Å². The number of carbonyl (C=O) groups is 1. The van der Waals surface area contributed by atoms with Gasteiger partial charge >= 0.3 is 5.97 Å². The molecule has 2 aromatic carbocycles. The highest BCUT2D eigenvalue weighted by Crippen LogP contribution is 2.22. The molecule has 2 N–H and O–H groups in total. The number of methoxy groups -OCH3 is 1. The van der Waals surface area contributed by atoms with Gasteiger partial charge in [0.1, 0.15) is 17.9 Å². The Labute approximate surface area is 128 Å². The van der Waals surface area contributed by atoms with Crippen molar-refractivity contribution in [1.29, 1.82) is 0 Å². The maximum absolute atomic E-state index is 12.0. The maximum atomic E-state index is 12.0. The Morgan fingerprint density at radius 2 is 1.95 bits per heavy atom. The van der Waals surface area contributed by atoms with Crippen molar-refractivity contribution in [1.82, 2.24) is 0 Å². The van der Waals surface area contributed by atoms with Gasteiger partial charge in [-0.05, 0) is 24.3 Å². The number of ether oxygens (including phenoxy) is 2. The molecule has 0 saturated carbocycles. The van der Waals surface area contributed by atoms with Crippen molar-refractivity contribution in [3.05, 3.63) is 54.1 Å². The van der Waals surface area contributed by atoms with Gasteiger partial charge in [0.15, 0.2) is 0 Å². The highest BCUT2D eigenvalue weighted by molar-refractivity contribution is 7.99. The Morgan fingerprint density at radius 3 is 2.67 bits per heavy atom. The second-order valence-electron chi connectivity index (χ2n) is 4.26. The van der Waals surface area contributed by atoms with Gasteiger partial charge in [-0.25, -0.2) is 4.79 Å². The summed E-state index contributed by atoms with van der Waals surface area (Å²) in [6, 6.07) is 14.8. The van der Waals surface area contributed by atoms with E-state index in [0.717, 1.165) is 4.90 Å². The second-order valence-corrected chi connectivity index (χ2v) is 5.43. The molecule has 0 aliphatic carbocycles. The van der Waals surface area contributed by atoms with Gasteiger partial charge in [-0.1, -0.05) is 18.2 Å². The number of nitrogen functional groups attached to an aromatic ring is 1. The summed E-state index contributed by atoms with van der Waals surface area (Å²) < 4.78 is 10.4. The molecule has 5 heteroatoms. The fraction of sp³-hybridized carbons (Fsp3) is 0.188. The van der Waals surface area contributed by atoms with Crippen LogP contribution in [0.2, 0.25) is 0 Å². The lowest BCUT2D eigenvalue weighted by molar-refractivity contribution is 0.0527. The molecule has 0 radical (unpaired) electrons. The first-order valence-corrected chi connectivity index (χ1v) is 7.48. The summed E-state index contributed by atoms with van der Waals surface area (Å²) in [7, 11) is 1.50. The topological polar surface area (TPSA) is 61.5 Å². The van der Waals surface area contributed by atoms with E-state index in [1.165, 1.54) is 7.11 Å². The van der Waals surface area contributed by atoms with Gasteiger partial charge in [-0.2, -0.15) is 0 Å². The minimum atomic E-state index is -0.402. The van der Waals surface area contributed by atoms with E-state index in [-0.39, 0.29) is 0 Å².